The standard InChI is InChI=1S/C20H21ClF3N3O/c1-13(20(28)25-17-7-6-16(22)18(23)19(17)24)27-10-8-26(9-11-27)12-14-2-4-15(21)5-3-14/h2-7,13H,8-12H2,1H3,(H,25,28)/t13-/m1/s1. The Morgan fingerprint density at radius 2 is 1.68 bits per heavy atom. The number of nitrogens with zero attached hydrogens (tertiary/aromatic N) is 2. The molecule has 28 heavy (non-hydrogen) atoms. The predicted octanol–water partition coefficient (Wildman–Crippen LogP) is 3.90. The number of halogens is 4. The van der Waals surface area contributed by atoms with Crippen molar-refractivity contribution in [2.45, 2.75) is 19.5 Å². The first-order chi connectivity index (χ1) is 13.3. The number of anilines is 1. The number of benzene rings is 2. The Morgan fingerprint density at radius 1 is 1.04 bits per heavy atom. The van der Waals surface area contributed by atoms with Crippen molar-refractivity contribution in [3.63, 3.8) is 0 Å². The highest BCUT2D eigenvalue weighted by Gasteiger charge is 2.26. The lowest BCUT2D eigenvalue weighted by Crippen LogP contribution is -2.52. The minimum Gasteiger partial charge on any atom is -0.322 e. The van der Waals surface area contributed by atoms with Crippen molar-refractivity contribution in [1.29, 1.82) is 0 Å². The van der Waals surface area contributed by atoms with Crippen molar-refractivity contribution < 1.29 is 18.0 Å². The molecule has 1 N–H and O–H groups in total. The van der Waals surface area contributed by atoms with E-state index in [0.29, 0.717) is 18.1 Å². The Labute approximate surface area is 166 Å². The van der Waals surface area contributed by atoms with E-state index in [1.54, 1.807) is 6.92 Å². The Morgan fingerprint density at radius 3 is 2.32 bits per heavy atom. The van der Waals surface area contributed by atoms with Gasteiger partial charge in [-0.2, -0.15) is 0 Å². The van der Waals surface area contributed by atoms with Gasteiger partial charge in [0.2, 0.25) is 5.91 Å². The fraction of sp³-hybridized carbons (Fsp3) is 0.350. The summed E-state index contributed by atoms with van der Waals surface area (Å²) < 4.78 is 40.1. The molecule has 3 rings (SSSR count). The maximum atomic E-state index is 13.8. The van der Waals surface area contributed by atoms with Gasteiger partial charge >= 0.3 is 0 Å². The van der Waals surface area contributed by atoms with Gasteiger partial charge in [-0.1, -0.05) is 23.7 Å². The first-order valence-corrected chi connectivity index (χ1v) is 9.38. The van der Waals surface area contributed by atoms with Crippen LogP contribution in [-0.2, 0) is 11.3 Å². The SMILES string of the molecule is C[C@H](C(=O)Nc1ccc(F)c(F)c1F)N1CCN(Cc2ccc(Cl)cc2)CC1. The Bertz CT molecular complexity index is 839. The second kappa shape index (κ2) is 8.94. The number of carbonyl (C=O) groups is 1. The summed E-state index contributed by atoms with van der Waals surface area (Å²) in [7, 11) is 0. The van der Waals surface area contributed by atoms with E-state index < -0.39 is 29.4 Å². The van der Waals surface area contributed by atoms with Gasteiger partial charge in [-0.3, -0.25) is 14.6 Å². The molecule has 1 atom stereocenters. The fourth-order valence-corrected chi connectivity index (χ4v) is 3.31. The largest absolute Gasteiger partial charge is 0.322 e. The fourth-order valence-electron chi connectivity index (χ4n) is 3.18. The summed E-state index contributed by atoms with van der Waals surface area (Å²) >= 11 is 5.90. The zero-order chi connectivity index (χ0) is 20.3. The molecule has 0 aliphatic carbocycles. The molecular formula is C20H21ClF3N3O. The summed E-state index contributed by atoms with van der Waals surface area (Å²) in [6.45, 7) is 5.40. The summed E-state index contributed by atoms with van der Waals surface area (Å²) in [6.07, 6.45) is 0. The smallest absolute Gasteiger partial charge is 0.241 e. The van der Waals surface area contributed by atoms with Crippen LogP contribution in [0.25, 0.3) is 0 Å². The highest BCUT2D eigenvalue weighted by Crippen LogP contribution is 2.20. The zero-order valence-corrected chi connectivity index (χ0v) is 16.1. The van der Waals surface area contributed by atoms with Crippen LogP contribution < -0.4 is 5.32 Å². The number of rotatable bonds is 5. The molecular weight excluding hydrogens is 391 g/mol. The molecule has 0 unspecified atom stereocenters. The highest BCUT2D eigenvalue weighted by molar-refractivity contribution is 6.30. The Kier molecular flexibility index (Phi) is 6.59. The van der Waals surface area contributed by atoms with Crippen LogP contribution in [0.1, 0.15) is 12.5 Å². The molecule has 1 fully saturated rings. The molecule has 0 saturated carbocycles. The lowest BCUT2D eigenvalue weighted by Gasteiger charge is -2.37. The molecule has 1 amide bonds. The van der Waals surface area contributed by atoms with Crippen molar-refractivity contribution in [2.24, 2.45) is 0 Å². The van der Waals surface area contributed by atoms with E-state index in [1.165, 1.54) is 0 Å². The summed E-state index contributed by atoms with van der Waals surface area (Å²) in [5.41, 5.74) is 0.801. The molecule has 4 nitrogen and oxygen atoms in total. The predicted molar refractivity (Wildman–Crippen MR) is 103 cm³/mol. The van der Waals surface area contributed by atoms with Crippen LogP contribution in [0, 0.1) is 17.5 Å². The van der Waals surface area contributed by atoms with Crippen LogP contribution in [0.5, 0.6) is 0 Å². The van der Waals surface area contributed by atoms with Crippen molar-refractivity contribution in [3.8, 4) is 0 Å². The number of nitrogens with one attached hydrogen (secondary N) is 1. The van der Waals surface area contributed by atoms with Gasteiger partial charge in [0.15, 0.2) is 17.5 Å². The maximum absolute atomic E-state index is 13.8. The van der Waals surface area contributed by atoms with Gasteiger partial charge in [0.25, 0.3) is 0 Å². The molecule has 0 radical (unpaired) electrons. The van der Waals surface area contributed by atoms with Crippen LogP contribution in [-0.4, -0.2) is 47.9 Å². The van der Waals surface area contributed by atoms with E-state index >= 15 is 0 Å². The van der Waals surface area contributed by atoms with Crippen LogP contribution in [0.3, 0.4) is 0 Å². The molecule has 1 aliphatic rings. The zero-order valence-electron chi connectivity index (χ0n) is 15.4. The molecule has 8 heteroatoms. The molecule has 0 aromatic heterocycles. The minimum absolute atomic E-state index is 0.364. The number of amides is 1. The van der Waals surface area contributed by atoms with E-state index in [2.05, 4.69) is 10.2 Å². The number of hydrogen-bond acceptors (Lipinski definition) is 3. The van der Waals surface area contributed by atoms with Crippen LogP contribution >= 0.6 is 11.6 Å². The second-order valence-electron chi connectivity index (χ2n) is 6.83. The van der Waals surface area contributed by atoms with E-state index in [4.69, 9.17) is 11.6 Å². The summed E-state index contributed by atoms with van der Waals surface area (Å²) in [4.78, 5) is 16.7. The summed E-state index contributed by atoms with van der Waals surface area (Å²) in [5, 5.41) is 3.04. The molecule has 150 valence electrons. The third-order valence-electron chi connectivity index (χ3n) is 4.95. The van der Waals surface area contributed by atoms with Crippen LogP contribution in [0.4, 0.5) is 18.9 Å². The highest BCUT2D eigenvalue weighted by atomic mass is 35.5. The third-order valence-corrected chi connectivity index (χ3v) is 5.20. The van der Waals surface area contributed by atoms with Crippen molar-refractivity contribution in [2.75, 3.05) is 31.5 Å². The number of carbonyl (C=O) groups excluding carboxylic acids is 1. The molecule has 0 spiro atoms. The topological polar surface area (TPSA) is 35.6 Å². The normalized spacial score (nSPS) is 16.8. The van der Waals surface area contributed by atoms with Gasteiger partial charge in [-0.25, -0.2) is 13.2 Å². The lowest BCUT2D eigenvalue weighted by molar-refractivity contribution is -0.121. The lowest BCUT2D eigenvalue weighted by atomic mass is 10.1. The average molecular weight is 412 g/mol. The first kappa shape index (κ1) is 20.6. The molecule has 2 aromatic rings. The quantitative estimate of drug-likeness (QED) is 0.758. The van der Waals surface area contributed by atoms with Gasteiger partial charge in [0, 0.05) is 37.7 Å². The number of hydrogen-bond donors (Lipinski definition) is 1. The summed E-state index contributed by atoms with van der Waals surface area (Å²) in [5.74, 6) is -4.74. The van der Waals surface area contributed by atoms with Crippen molar-refractivity contribution in [1.82, 2.24) is 9.80 Å². The molecule has 0 bridgehead atoms. The first-order valence-electron chi connectivity index (χ1n) is 9.00. The maximum Gasteiger partial charge on any atom is 0.241 e. The van der Waals surface area contributed by atoms with E-state index in [1.807, 2.05) is 29.2 Å². The van der Waals surface area contributed by atoms with Gasteiger partial charge in [-0.15, -0.1) is 0 Å². The molecule has 1 heterocycles. The van der Waals surface area contributed by atoms with Gasteiger partial charge < -0.3 is 5.32 Å². The molecule has 1 saturated heterocycles. The Hall–Kier alpha value is -2.09. The monoisotopic (exact) mass is 411 g/mol. The van der Waals surface area contributed by atoms with Crippen molar-refractivity contribution >= 4 is 23.2 Å². The van der Waals surface area contributed by atoms with E-state index in [-0.39, 0.29) is 5.69 Å². The van der Waals surface area contributed by atoms with Crippen LogP contribution in [0.2, 0.25) is 5.02 Å². The Balaban J connectivity index is 1.53. The van der Waals surface area contributed by atoms with E-state index in [0.717, 1.165) is 37.3 Å². The summed E-state index contributed by atoms with van der Waals surface area (Å²) in [6, 6.07) is 8.97. The second-order valence-corrected chi connectivity index (χ2v) is 7.26. The number of piperazine rings is 1. The molecule has 1 aliphatic heterocycles. The van der Waals surface area contributed by atoms with Gasteiger partial charge in [0.1, 0.15) is 0 Å². The van der Waals surface area contributed by atoms with Crippen molar-refractivity contribution in [3.05, 3.63) is 64.4 Å². The molecule has 2 aromatic carbocycles. The van der Waals surface area contributed by atoms with E-state index in [9.17, 15) is 18.0 Å². The third kappa shape index (κ3) is 4.84. The van der Waals surface area contributed by atoms with Crippen LogP contribution in [0.15, 0.2) is 36.4 Å². The average Bonchev–Trinajstić information content (AvgIpc) is 2.70. The minimum atomic E-state index is -1.60. The van der Waals surface area contributed by atoms with Gasteiger partial charge in [-0.05, 0) is 36.8 Å². The van der Waals surface area contributed by atoms with Gasteiger partial charge in [0.05, 0.1) is 11.7 Å².